The van der Waals surface area contributed by atoms with Crippen LogP contribution in [-0.4, -0.2) is 48.3 Å². The van der Waals surface area contributed by atoms with E-state index in [0.717, 1.165) is 17.6 Å². The summed E-state index contributed by atoms with van der Waals surface area (Å²) in [6.45, 7) is 3.85. The van der Waals surface area contributed by atoms with Gasteiger partial charge in [-0.05, 0) is 50.4 Å². The molecule has 4 bridgehead atoms. The summed E-state index contributed by atoms with van der Waals surface area (Å²) in [4.78, 5) is 45.3. The second-order valence-electron chi connectivity index (χ2n) is 8.59. The van der Waals surface area contributed by atoms with Gasteiger partial charge < -0.3 is 19.7 Å². The maximum atomic E-state index is 11.6. The van der Waals surface area contributed by atoms with Crippen molar-refractivity contribution >= 4 is 23.9 Å². The number of allylic oxidation sites excluding steroid dienone is 4. The molecule has 8 unspecified atom stereocenters. The molecule has 4 aliphatic carbocycles. The Balaban J connectivity index is 0.000000171. The zero-order valence-corrected chi connectivity index (χ0v) is 17.5. The van der Waals surface area contributed by atoms with Crippen molar-refractivity contribution in [2.75, 3.05) is 14.2 Å². The first kappa shape index (κ1) is 22.1. The topological polar surface area (TPSA) is 127 Å². The molecule has 0 saturated heterocycles. The van der Waals surface area contributed by atoms with Crippen molar-refractivity contribution in [2.24, 2.45) is 47.3 Å². The number of carboxylic acid groups (broad SMARTS) is 2. The van der Waals surface area contributed by atoms with Crippen LogP contribution < -0.4 is 0 Å². The third-order valence-electron chi connectivity index (χ3n) is 7.47. The van der Waals surface area contributed by atoms with Gasteiger partial charge in [0.1, 0.15) is 0 Å². The zero-order valence-electron chi connectivity index (χ0n) is 17.5. The number of esters is 2. The minimum Gasteiger partial charge on any atom is -0.481 e. The van der Waals surface area contributed by atoms with Gasteiger partial charge in [-0.1, -0.05) is 23.3 Å². The molecule has 0 aromatic rings. The van der Waals surface area contributed by atoms with Crippen LogP contribution in [0.15, 0.2) is 23.3 Å². The van der Waals surface area contributed by atoms with E-state index in [1.807, 2.05) is 26.0 Å². The smallest absolute Gasteiger partial charge is 0.310 e. The minimum atomic E-state index is -0.971. The van der Waals surface area contributed by atoms with Crippen LogP contribution in [0.2, 0.25) is 0 Å². The number of carbonyl (C=O) groups is 4. The van der Waals surface area contributed by atoms with Crippen LogP contribution in [0, 0.1) is 47.3 Å². The molecular formula is C22H28O8. The first-order valence-electron chi connectivity index (χ1n) is 10.1. The number of aliphatic carboxylic acids is 2. The van der Waals surface area contributed by atoms with E-state index in [4.69, 9.17) is 19.7 Å². The number of hydrogen-bond donors (Lipinski definition) is 2. The van der Waals surface area contributed by atoms with Crippen LogP contribution in [0.1, 0.15) is 26.7 Å². The number of rotatable bonds is 4. The lowest BCUT2D eigenvalue weighted by Gasteiger charge is -2.26. The number of hydrogen-bond acceptors (Lipinski definition) is 6. The molecule has 0 aliphatic heterocycles. The molecule has 8 nitrogen and oxygen atoms in total. The molecule has 2 saturated carbocycles. The zero-order chi connectivity index (χ0) is 22.3. The van der Waals surface area contributed by atoms with Gasteiger partial charge in [-0.25, -0.2) is 0 Å². The Hall–Kier alpha value is -2.64. The van der Waals surface area contributed by atoms with Crippen molar-refractivity contribution in [3.63, 3.8) is 0 Å². The number of carbonyl (C=O) groups excluding carboxylic acids is 2. The van der Waals surface area contributed by atoms with Crippen molar-refractivity contribution in [1.82, 2.24) is 0 Å². The second kappa shape index (κ2) is 8.24. The van der Waals surface area contributed by atoms with Gasteiger partial charge in [-0.3, -0.25) is 19.2 Å². The summed E-state index contributed by atoms with van der Waals surface area (Å²) in [5, 5.41) is 18.1. The van der Waals surface area contributed by atoms with Gasteiger partial charge >= 0.3 is 23.9 Å². The Morgan fingerprint density at radius 3 is 1.40 bits per heavy atom. The van der Waals surface area contributed by atoms with Gasteiger partial charge in [0.15, 0.2) is 0 Å². The summed E-state index contributed by atoms with van der Waals surface area (Å²) in [5.41, 5.74) is 2.18. The number of carboxylic acids is 2. The van der Waals surface area contributed by atoms with E-state index in [1.165, 1.54) is 14.2 Å². The molecule has 0 spiro atoms. The highest BCUT2D eigenvalue weighted by Gasteiger charge is 2.56. The number of fused-ring (bicyclic) bond motifs is 4. The van der Waals surface area contributed by atoms with E-state index >= 15 is 0 Å². The van der Waals surface area contributed by atoms with E-state index in [0.29, 0.717) is 6.42 Å². The SMILES string of the molecule is CC1=C(C)C2CC1C(C(=O)O)C2C(=O)O.COC(=O)C1C2C=CC(C2)C1C(=O)OC. The van der Waals surface area contributed by atoms with E-state index in [-0.39, 0.29) is 47.4 Å². The summed E-state index contributed by atoms with van der Waals surface area (Å²) >= 11 is 0. The van der Waals surface area contributed by atoms with Crippen LogP contribution in [0.3, 0.4) is 0 Å². The molecule has 4 rings (SSSR count). The molecule has 164 valence electrons. The molecule has 8 heteroatoms. The maximum absolute atomic E-state index is 11.6. The Morgan fingerprint density at radius 1 is 0.733 bits per heavy atom. The summed E-state index contributed by atoms with van der Waals surface area (Å²) in [5.74, 6) is -4.53. The first-order chi connectivity index (χ1) is 14.1. The van der Waals surface area contributed by atoms with Gasteiger partial charge in [-0.15, -0.1) is 0 Å². The predicted molar refractivity (Wildman–Crippen MR) is 104 cm³/mol. The standard InChI is InChI=1S/2C11H14O4/c1-14-10(12)8-6-3-4-7(5-6)9(8)11(13)15-2;1-4-5(2)7-3-6(4)8(10(12)13)9(7)11(14)15/h3-4,6-9H,5H2,1-2H3;6-9H,3H2,1-2H3,(H,12,13)(H,14,15). The van der Waals surface area contributed by atoms with Crippen LogP contribution in [0.5, 0.6) is 0 Å². The summed E-state index contributed by atoms with van der Waals surface area (Å²) in [6.07, 6.45) is 5.57. The van der Waals surface area contributed by atoms with Crippen LogP contribution >= 0.6 is 0 Å². The summed E-state index contributed by atoms with van der Waals surface area (Å²) in [6, 6.07) is 0. The third kappa shape index (κ3) is 3.42. The van der Waals surface area contributed by atoms with Crippen LogP contribution in [-0.2, 0) is 28.7 Å². The molecule has 2 N–H and O–H groups in total. The monoisotopic (exact) mass is 420 g/mol. The molecular weight excluding hydrogens is 392 g/mol. The van der Waals surface area contributed by atoms with E-state index in [9.17, 15) is 19.2 Å². The highest BCUT2D eigenvalue weighted by Crippen LogP contribution is 2.55. The van der Waals surface area contributed by atoms with Crippen molar-refractivity contribution in [1.29, 1.82) is 0 Å². The molecule has 0 radical (unpaired) electrons. The average Bonchev–Trinajstić information content (AvgIpc) is 3.47. The fraction of sp³-hybridized carbons (Fsp3) is 0.636. The van der Waals surface area contributed by atoms with Gasteiger partial charge in [0, 0.05) is 0 Å². The lowest BCUT2D eigenvalue weighted by Crippen LogP contribution is -2.35. The Kier molecular flexibility index (Phi) is 6.06. The molecule has 8 atom stereocenters. The molecule has 0 heterocycles. The molecule has 30 heavy (non-hydrogen) atoms. The molecule has 4 aliphatic rings. The molecule has 0 amide bonds. The highest BCUT2D eigenvalue weighted by atomic mass is 16.5. The lowest BCUT2D eigenvalue weighted by molar-refractivity contribution is -0.158. The largest absolute Gasteiger partial charge is 0.481 e. The predicted octanol–water partition coefficient (Wildman–Crippen LogP) is 2.14. The van der Waals surface area contributed by atoms with Crippen LogP contribution in [0.25, 0.3) is 0 Å². The van der Waals surface area contributed by atoms with E-state index < -0.39 is 23.8 Å². The van der Waals surface area contributed by atoms with E-state index in [1.54, 1.807) is 0 Å². The highest BCUT2D eigenvalue weighted by molar-refractivity contribution is 5.84. The normalized spacial score (nSPS) is 37.6. The maximum Gasteiger partial charge on any atom is 0.310 e. The molecule has 2 fully saturated rings. The summed E-state index contributed by atoms with van der Waals surface area (Å²) < 4.78 is 9.46. The van der Waals surface area contributed by atoms with Crippen LogP contribution in [0.4, 0.5) is 0 Å². The van der Waals surface area contributed by atoms with Gasteiger partial charge in [0.2, 0.25) is 0 Å². The quantitative estimate of drug-likeness (QED) is 0.523. The Labute approximate surface area is 174 Å². The molecule has 0 aromatic heterocycles. The summed E-state index contributed by atoms with van der Waals surface area (Å²) in [7, 11) is 2.71. The van der Waals surface area contributed by atoms with Gasteiger partial charge in [-0.2, -0.15) is 0 Å². The lowest BCUT2D eigenvalue weighted by atomic mass is 9.76. The molecule has 0 aromatic carbocycles. The fourth-order valence-electron chi connectivity index (χ4n) is 5.93. The first-order valence-corrected chi connectivity index (χ1v) is 10.1. The van der Waals surface area contributed by atoms with Gasteiger partial charge in [0.25, 0.3) is 0 Å². The fourth-order valence-corrected chi connectivity index (χ4v) is 5.93. The van der Waals surface area contributed by atoms with Crippen molar-refractivity contribution in [2.45, 2.75) is 26.7 Å². The van der Waals surface area contributed by atoms with Crippen molar-refractivity contribution in [3.8, 4) is 0 Å². The van der Waals surface area contributed by atoms with E-state index in [2.05, 4.69) is 0 Å². The number of methoxy groups -OCH3 is 2. The third-order valence-corrected chi connectivity index (χ3v) is 7.47. The van der Waals surface area contributed by atoms with Gasteiger partial charge in [0.05, 0.1) is 37.9 Å². The van der Waals surface area contributed by atoms with Crippen molar-refractivity contribution in [3.05, 3.63) is 23.3 Å². The van der Waals surface area contributed by atoms with Crippen molar-refractivity contribution < 1.29 is 38.9 Å². The average molecular weight is 420 g/mol. The second-order valence-corrected chi connectivity index (χ2v) is 8.59. The minimum absolute atomic E-state index is 0.0615. The Morgan fingerprint density at radius 2 is 1.10 bits per heavy atom. The Bertz CT molecular complexity index is 761. The number of ether oxygens (including phenoxy) is 2.